The Morgan fingerprint density at radius 1 is 1.15 bits per heavy atom. The van der Waals surface area contributed by atoms with Gasteiger partial charge >= 0.3 is 12.1 Å². The van der Waals surface area contributed by atoms with Crippen LogP contribution in [0.1, 0.15) is 16.1 Å². The Balaban J connectivity index is 2.69. The number of rotatable bonds is 2. The van der Waals surface area contributed by atoms with E-state index in [0.717, 1.165) is 12.1 Å². The van der Waals surface area contributed by atoms with Gasteiger partial charge in [0.2, 0.25) is 0 Å². The minimum Gasteiger partial charge on any atom is -0.477 e. The summed E-state index contributed by atoms with van der Waals surface area (Å²) in [7, 11) is 0. The fraction of sp³-hybridized carbons (Fsp3) is 0.0769. The topological polar surface area (TPSA) is 50.2 Å². The molecule has 0 aliphatic carbocycles. The van der Waals surface area contributed by atoms with Crippen LogP contribution in [0.4, 0.5) is 13.2 Å². The van der Waals surface area contributed by atoms with Crippen LogP contribution in [0.15, 0.2) is 36.4 Å². The van der Waals surface area contributed by atoms with Gasteiger partial charge in [-0.25, -0.2) is 9.78 Å². The molecule has 2 aromatic rings. The summed E-state index contributed by atoms with van der Waals surface area (Å²) in [5.74, 6) is -1.34. The number of alkyl halides is 3. The van der Waals surface area contributed by atoms with Gasteiger partial charge in [0.1, 0.15) is 5.69 Å². The monoisotopic (exact) mass is 301 g/mol. The number of halogens is 4. The highest BCUT2D eigenvalue weighted by molar-refractivity contribution is 6.33. The van der Waals surface area contributed by atoms with E-state index in [1.165, 1.54) is 24.3 Å². The lowest BCUT2D eigenvalue weighted by atomic mass is 10.0. The van der Waals surface area contributed by atoms with Gasteiger partial charge in [0.15, 0.2) is 0 Å². The molecule has 0 fully saturated rings. The second-order valence-corrected chi connectivity index (χ2v) is 4.28. The first-order chi connectivity index (χ1) is 9.30. The quantitative estimate of drug-likeness (QED) is 0.907. The van der Waals surface area contributed by atoms with Gasteiger partial charge in [-0.1, -0.05) is 29.8 Å². The number of nitrogens with zero attached hydrogens (tertiary/aromatic N) is 1. The van der Waals surface area contributed by atoms with Crippen LogP contribution in [0.3, 0.4) is 0 Å². The highest BCUT2D eigenvalue weighted by atomic mass is 35.5. The lowest BCUT2D eigenvalue weighted by Crippen LogP contribution is -2.08. The molecule has 7 heteroatoms. The molecule has 3 nitrogen and oxygen atoms in total. The van der Waals surface area contributed by atoms with Crippen LogP contribution in [0, 0.1) is 0 Å². The first-order valence-corrected chi connectivity index (χ1v) is 5.75. The van der Waals surface area contributed by atoms with Crippen molar-refractivity contribution in [2.75, 3.05) is 0 Å². The molecule has 0 spiro atoms. The van der Waals surface area contributed by atoms with Gasteiger partial charge in [-0.05, 0) is 18.2 Å². The van der Waals surface area contributed by atoms with Crippen molar-refractivity contribution < 1.29 is 23.1 Å². The summed E-state index contributed by atoms with van der Waals surface area (Å²) in [6.07, 6.45) is -4.58. The Hall–Kier alpha value is -2.08. The maximum atomic E-state index is 12.9. The second-order valence-electron chi connectivity index (χ2n) is 3.88. The minimum absolute atomic E-state index is 0.0494. The Morgan fingerprint density at radius 3 is 2.40 bits per heavy atom. The minimum atomic E-state index is -4.58. The fourth-order valence-electron chi connectivity index (χ4n) is 1.69. The molecule has 0 radical (unpaired) electrons. The highest BCUT2D eigenvalue weighted by Gasteiger charge is 2.34. The standard InChI is InChI=1S/C13H7ClF3NO2/c14-9-5-6-10(12(19)20)18-11(9)7-3-1-2-4-8(7)13(15,16)17/h1-6H,(H,19,20). The molecule has 0 bridgehead atoms. The predicted molar refractivity (Wildman–Crippen MR) is 66.6 cm³/mol. The zero-order valence-electron chi connectivity index (χ0n) is 9.78. The summed E-state index contributed by atoms with van der Waals surface area (Å²) in [6, 6.07) is 7.06. The molecule has 0 amide bonds. The molecular weight excluding hydrogens is 295 g/mol. The largest absolute Gasteiger partial charge is 0.477 e. The van der Waals surface area contributed by atoms with E-state index in [1.807, 2.05) is 0 Å². The SMILES string of the molecule is O=C(O)c1ccc(Cl)c(-c2ccccc2C(F)(F)F)n1. The number of benzene rings is 1. The number of pyridine rings is 1. The van der Waals surface area contributed by atoms with E-state index in [0.29, 0.717) is 0 Å². The molecule has 0 saturated heterocycles. The number of hydrogen-bond donors (Lipinski definition) is 1. The number of carbonyl (C=O) groups is 1. The van der Waals surface area contributed by atoms with Crippen LogP contribution in [0.2, 0.25) is 5.02 Å². The molecule has 1 heterocycles. The van der Waals surface area contributed by atoms with Gasteiger partial charge in [0, 0.05) is 5.56 Å². The highest BCUT2D eigenvalue weighted by Crippen LogP contribution is 2.38. The molecule has 20 heavy (non-hydrogen) atoms. The normalized spacial score (nSPS) is 11.4. The second kappa shape index (κ2) is 5.13. The molecule has 0 unspecified atom stereocenters. The fourth-order valence-corrected chi connectivity index (χ4v) is 1.89. The van der Waals surface area contributed by atoms with Crippen LogP contribution in [0.25, 0.3) is 11.3 Å². The van der Waals surface area contributed by atoms with Crippen LogP contribution in [0.5, 0.6) is 0 Å². The summed E-state index contributed by atoms with van der Waals surface area (Å²) in [6.45, 7) is 0. The van der Waals surface area contributed by atoms with E-state index in [2.05, 4.69) is 4.98 Å². The molecule has 1 aromatic carbocycles. The third-order valence-electron chi connectivity index (χ3n) is 2.55. The van der Waals surface area contributed by atoms with E-state index < -0.39 is 17.7 Å². The molecule has 0 atom stereocenters. The van der Waals surface area contributed by atoms with E-state index in [4.69, 9.17) is 16.7 Å². The third-order valence-corrected chi connectivity index (χ3v) is 2.86. The molecule has 1 N–H and O–H groups in total. The van der Waals surface area contributed by atoms with E-state index in [9.17, 15) is 18.0 Å². The van der Waals surface area contributed by atoms with Crippen LogP contribution in [-0.4, -0.2) is 16.1 Å². The van der Waals surface area contributed by atoms with E-state index in [-0.39, 0.29) is 22.0 Å². The average molecular weight is 302 g/mol. The van der Waals surface area contributed by atoms with Crippen molar-refractivity contribution in [1.29, 1.82) is 0 Å². The first-order valence-electron chi connectivity index (χ1n) is 5.37. The van der Waals surface area contributed by atoms with Crippen LogP contribution >= 0.6 is 11.6 Å². The van der Waals surface area contributed by atoms with Gasteiger partial charge in [0.05, 0.1) is 16.3 Å². The van der Waals surface area contributed by atoms with Crippen molar-refractivity contribution >= 4 is 17.6 Å². The Labute approximate surface area is 116 Å². The van der Waals surface area contributed by atoms with Crippen molar-refractivity contribution in [3.63, 3.8) is 0 Å². The van der Waals surface area contributed by atoms with Crippen LogP contribution < -0.4 is 0 Å². The van der Waals surface area contributed by atoms with Crippen molar-refractivity contribution in [3.05, 3.63) is 52.7 Å². The molecule has 0 aliphatic heterocycles. The third kappa shape index (κ3) is 2.75. The van der Waals surface area contributed by atoms with Crippen molar-refractivity contribution in [1.82, 2.24) is 4.98 Å². The van der Waals surface area contributed by atoms with Crippen molar-refractivity contribution in [2.24, 2.45) is 0 Å². The zero-order valence-corrected chi connectivity index (χ0v) is 10.5. The summed E-state index contributed by atoms with van der Waals surface area (Å²) in [5.41, 5.74) is -1.76. The molecule has 0 saturated carbocycles. The smallest absolute Gasteiger partial charge is 0.417 e. The maximum Gasteiger partial charge on any atom is 0.417 e. The maximum absolute atomic E-state index is 12.9. The summed E-state index contributed by atoms with van der Waals surface area (Å²) in [4.78, 5) is 14.5. The van der Waals surface area contributed by atoms with E-state index in [1.54, 1.807) is 0 Å². The van der Waals surface area contributed by atoms with Crippen molar-refractivity contribution in [3.8, 4) is 11.3 Å². The number of aromatic nitrogens is 1. The van der Waals surface area contributed by atoms with E-state index >= 15 is 0 Å². The van der Waals surface area contributed by atoms with Gasteiger partial charge in [-0.2, -0.15) is 13.2 Å². The number of carboxylic acid groups (broad SMARTS) is 1. The lowest BCUT2D eigenvalue weighted by molar-refractivity contribution is -0.137. The van der Waals surface area contributed by atoms with Crippen LogP contribution in [-0.2, 0) is 6.18 Å². The van der Waals surface area contributed by atoms with Gasteiger partial charge < -0.3 is 5.11 Å². The number of carboxylic acids is 1. The average Bonchev–Trinajstić information content (AvgIpc) is 2.38. The summed E-state index contributed by atoms with van der Waals surface area (Å²) in [5, 5.41) is 8.80. The Morgan fingerprint density at radius 2 is 1.80 bits per heavy atom. The number of hydrogen-bond acceptors (Lipinski definition) is 2. The number of aromatic carboxylic acids is 1. The zero-order chi connectivity index (χ0) is 14.9. The molecule has 104 valence electrons. The molecule has 0 aliphatic rings. The Kier molecular flexibility index (Phi) is 3.67. The van der Waals surface area contributed by atoms with Gasteiger partial charge in [0.25, 0.3) is 0 Å². The Bertz CT molecular complexity index is 671. The van der Waals surface area contributed by atoms with Gasteiger partial charge in [-0.3, -0.25) is 0 Å². The van der Waals surface area contributed by atoms with Crippen molar-refractivity contribution in [2.45, 2.75) is 6.18 Å². The lowest BCUT2D eigenvalue weighted by Gasteiger charge is -2.13. The summed E-state index contributed by atoms with van der Waals surface area (Å²) < 4.78 is 38.8. The summed E-state index contributed by atoms with van der Waals surface area (Å²) >= 11 is 5.83. The van der Waals surface area contributed by atoms with Gasteiger partial charge in [-0.15, -0.1) is 0 Å². The molecule has 2 rings (SSSR count). The molecule has 1 aromatic heterocycles. The first kappa shape index (κ1) is 14.3. The molecular formula is C13H7ClF3NO2. The predicted octanol–water partition coefficient (Wildman–Crippen LogP) is 4.12.